The largest absolute Gasteiger partial charge is 0.506 e. The highest BCUT2D eigenvalue weighted by Crippen LogP contribution is 2.26. The number of hydrogen-bond acceptors (Lipinski definition) is 3. The molecule has 1 N–H and O–H groups in total. The van der Waals surface area contributed by atoms with Crippen molar-refractivity contribution in [3.63, 3.8) is 0 Å². The molecule has 18 heavy (non-hydrogen) atoms. The Morgan fingerprint density at radius 2 is 1.61 bits per heavy atom. The molecule has 1 aromatic heterocycles. The van der Waals surface area contributed by atoms with Crippen LogP contribution in [0.2, 0.25) is 0 Å². The third kappa shape index (κ3) is 1.62. The molecule has 0 aliphatic carbocycles. The number of phenols is 1. The van der Waals surface area contributed by atoms with Gasteiger partial charge in [-0.2, -0.15) is 0 Å². The fraction of sp³-hybridized carbons (Fsp3) is 0.143. The van der Waals surface area contributed by atoms with Crippen molar-refractivity contribution in [1.82, 2.24) is 15.0 Å². The highest BCUT2D eigenvalue weighted by Gasteiger charge is 2.11. The number of fused-ring (bicyclic) bond motifs is 1. The summed E-state index contributed by atoms with van der Waals surface area (Å²) in [6, 6.07) is 11.4. The smallest absolute Gasteiger partial charge is 0.143 e. The molecule has 0 bridgehead atoms. The number of aryl methyl sites for hydroxylation is 2. The van der Waals surface area contributed by atoms with Crippen LogP contribution in [0.3, 0.4) is 0 Å². The van der Waals surface area contributed by atoms with E-state index in [1.807, 2.05) is 44.2 Å². The summed E-state index contributed by atoms with van der Waals surface area (Å²) in [6.07, 6.45) is 0. The molecular weight excluding hydrogens is 226 g/mol. The van der Waals surface area contributed by atoms with E-state index >= 15 is 0 Å². The van der Waals surface area contributed by atoms with Gasteiger partial charge in [0.05, 0.1) is 0 Å². The SMILES string of the molecule is Cc1cc(C)c(-n2nc3ccccc3n2)c(O)c1. The van der Waals surface area contributed by atoms with Crippen LogP contribution in [-0.4, -0.2) is 20.1 Å². The lowest BCUT2D eigenvalue weighted by atomic mass is 10.1. The molecular formula is C14H13N3O. The van der Waals surface area contributed by atoms with E-state index < -0.39 is 0 Å². The van der Waals surface area contributed by atoms with Gasteiger partial charge in [-0.05, 0) is 43.2 Å². The Hall–Kier alpha value is -2.36. The minimum absolute atomic E-state index is 0.202. The first-order valence-electron chi connectivity index (χ1n) is 5.78. The molecule has 4 nitrogen and oxygen atoms in total. The van der Waals surface area contributed by atoms with Crippen molar-refractivity contribution in [3.8, 4) is 11.4 Å². The van der Waals surface area contributed by atoms with Gasteiger partial charge in [-0.15, -0.1) is 15.0 Å². The lowest BCUT2D eigenvalue weighted by Gasteiger charge is -2.07. The van der Waals surface area contributed by atoms with Crippen molar-refractivity contribution < 1.29 is 5.11 Å². The van der Waals surface area contributed by atoms with Crippen LogP contribution in [0.4, 0.5) is 0 Å². The van der Waals surface area contributed by atoms with Crippen molar-refractivity contribution in [3.05, 3.63) is 47.5 Å². The number of phenolic OH excluding ortho intramolecular Hbond substituents is 1. The minimum Gasteiger partial charge on any atom is -0.506 e. The molecule has 0 aliphatic rings. The topological polar surface area (TPSA) is 50.9 Å². The fourth-order valence-corrected chi connectivity index (χ4v) is 2.16. The van der Waals surface area contributed by atoms with Crippen LogP contribution < -0.4 is 0 Å². The van der Waals surface area contributed by atoms with Crippen molar-refractivity contribution in [2.75, 3.05) is 0 Å². The van der Waals surface area contributed by atoms with Gasteiger partial charge in [-0.25, -0.2) is 0 Å². The summed E-state index contributed by atoms with van der Waals surface area (Å²) in [4.78, 5) is 1.49. The molecule has 0 radical (unpaired) electrons. The maximum Gasteiger partial charge on any atom is 0.143 e. The van der Waals surface area contributed by atoms with Gasteiger partial charge in [0.2, 0.25) is 0 Å². The molecule has 0 unspecified atom stereocenters. The van der Waals surface area contributed by atoms with Crippen molar-refractivity contribution >= 4 is 11.0 Å². The van der Waals surface area contributed by atoms with E-state index in [1.54, 1.807) is 6.07 Å². The average molecular weight is 239 g/mol. The van der Waals surface area contributed by atoms with Gasteiger partial charge < -0.3 is 5.11 Å². The fourth-order valence-electron chi connectivity index (χ4n) is 2.16. The van der Waals surface area contributed by atoms with Gasteiger partial charge in [-0.1, -0.05) is 18.2 Å². The minimum atomic E-state index is 0.202. The molecule has 3 rings (SSSR count). The Labute approximate surface area is 104 Å². The van der Waals surface area contributed by atoms with Gasteiger partial charge in [0.1, 0.15) is 22.5 Å². The zero-order valence-corrected chi connectivity index (χ0v) is 10.3. The maximum absolute atomic E-state index is 10.0. The number of hydrogen-bond donors (Lipinski definition) is 1. The second-order valence-corrected chi connectivity index (χ2v) is 4.43. The van der Waals surface area contributed by atoms with Gasteiger partial charge in [0.15, 0.2) is 0 Å². The van der Waals surface area contributed by atoms with Crippen LogP contribution in [0, 0.1) is 13.8 Å². The Morgan fingerprint density at radius 1 is 1.00 bits per heavy atom. The quantitative estimate of drug-likeness (QED) is 0.710. The third-order valence-electron chi connectivity index (χ3n) is 2.91. The number of nitrogens with zero attached hydrogens (tertiary/aromatic N) is 3. The second-order valence-electron chi connectivity index (χ2n) is 4.43. The molecule has 0 aliphatic heterocycles. The standard InChI is InChI=1S/C14H13N3O/c1-9-7-10(2)14(13(18)8-9)17-15-11-5-3-4-6-12(11)16-17/h3-8,18H,1-2H3. The Bertz CT molecular complexity index is 675. The summed E-state index contributed by atoms with van der Waals surface area (Å²) in [5.74, 6) is 0.202. The monoisotopic (exact) mass is 239 g/mol. The predicted molar refractivity (Wildman–Crippen MR) is 70.0 cm³/mol. The van der Waals surface area contributed by atoms with E-state index in [1.165, 1.54) is 4.80 Å². The third-order valence-corrected chi connectivity index (χ3v) is 2.91. The van der Waals surface area contributed by atoms with Crippen molar-refractivity contribution in [2.24, 2.45) is 0 Å². The van der Waals surface area contributed by atoms with Crippen LogP contribution in [0.15, 0.2) is 36.4 Å². The molecule has 0 saturated heterocycles. The first kappa shape index (κ1) is 10.8. The first-order valence-corrected chi connectivity index (χ1v) is 5.78. The highest BCUT2D eigenvalue weighted by molar-refractivity contribution is 5.73. The van der Waals surface area contributed by atoms with E-state index in [9.17, 15) is 5.11 Å². The number of rotatable bonds is 1. The summed E-state index contributed by atoms with van der Waals surface area (Å²) in [7, 11) is 0. The number of aromatic hydroxyl groups is 1. The zero-order valence-electron chi connectivity index (χ0n) is 10.3. The van der Waals surface area contributed by atoms with Gasteiger partial charge in [0, 0.05) is 0 Å². The van der Waals surface area contributed by atoms with E-state index in [0.29, 0.717) is 5.69 Å². The van der Waals surface area contributed by atoms with E-state index in [2.05, 4.69) is 10.2 Å². The second kappa shape index (κ2) is 3.84. The lowest BCUT2D eigenvalue weighted by Crippen LogP contribution is -2.02. The molecule has 3 aromatic rings. The van der Waals surface area contributed by atoms with Gasteiger partial charge in [-0.3, -0.25) is 0 Å². The first-order chi connectivity index (χ1) is 8.65. The zero-order chi connectivity index (χ0) is 12.7. The molecule has 0 saturated carbocycles. The van der Waals surface area contributed by atoms with E-state index in [0.717, 1.165) is 22.2 Å². The number of aromatic nitrogens is 3. The summed E-state index contributed by atoms with van der Waals surface area (Å²) in [5, 5.41) is 18.8. The summed E-state index contributed by atoms with van der Waals surface area (Å²) in [5.41, 5.74) is 4.24. The van der Waals surface area contributed by atoms with Crippen LogP contribution >= 0.6 is 0 Å². The molecule has 2 aromatic carbocycles. The Balaban J connectivity index is 2.26. The predicted octanol–water partition coefficient (Wildman–Crippen LogP) is 2.74. The molecule has 0 fully saturated rings. The van der Waals surface area contributed by atoms with E-state index in [-0.39, 0.29) is 5.75 Å². The van der Waals surface area contributed by atoms with Gasteiger partial charge >= 0.3 is 0 Å². The van der Waals surface area contributed by atoms with Crippen LogP contribution in [0.5, 0.6) is 5.75 Å². The molecule has 90 valence electrons. The van der Waals surface area contributed by atoms with Crippen molar-refractivity contribution in [1.29, 1.82) is 0 Å². The molecule has 0 atom stereocenters. The average Bonchev–Trinajstić information content (AvgIpc) is 2.70. The van der Waals surface area contributed by atoms with Crippen molar-refractivity contribution in [2.45, 2.75) is 13.8 Å². The summed E-state index contributed by atoms with van der Waals surface area (Å²) >= 11 is 0. The Kier molecular flexibility index (Phi) is 2.30. The lowest BCUT2D eigenvalue weighted by molar-refractivity contribution is 0.466. The molecule has 4 heteroatoms. The summed E-state index contributed by atoms with van der Waals surface area (Å²) in [6.45, 7) is 3.89. The molecule has 0 amide bonds. The number of benzene rings is 2. The van der Waals surface area contributed by atoms with Crippen LogP contribution in [-0.2, 0) is 0 Å². The highest BCUT2D eigenvalue weighted by atomic mass is 16.3. The van der Waals surface area contributed by atoms with E-state index in [4.69, 9.17) is 0 Å². The summed E-state index contributed by atoms with van der Waals surface area (Å²) < 4.78 is 0. The normalized spacial score (nSPS) is 11.0. The molecule has 0 spiro atoms. The maximum atomic E-state index is 10.0. The Morgan fingerprint density at radius 3 is 2.17 bits per heavy atom. The van der Waals surface area contributed by atoms with Gasteiger partial charge in [0.25, 0.3) is 0 Å². The van der Waals surface area contributed by atoms with Crippen LogP contribution in [0.1, 0.15) is 11.1 Å². The molecule has 1 heterocycles. The van der Waals surface area contributed by atoms with Crippen LogP contribution in [0.25, 0.3) is 16.7 Å².